The van der Waals surface area contributed by atoms with E-state index in [0.29, 0.717) is 11.6 Å². The molecule has 0 bridgehead atoms. The molecule has 0 saturated heterocycles. The van der Waals surface area contributed by atoms with Crippen molar-refractivity contribution < 1.29 is 19.4 Å². The fourth-order valence-electron chi connectivity index (χ4n) is 4.97. The fourth-order valence-corrected chi connectivity index (χ4v) is 5.40. The number of benzene rings is 3. The van der Waals surface area contributed by atoms with Crippen molar-refractivity contribution in [1.29, 1.82) is 0 Å². The van der Waals surface area contributed by atoms with Crippen LogP contribution in [0.1, 0.15) is 54.2 Å². The number of aromatic carboxylic acids is 1. The van der Waals surface area contributed by atoms with Gasteiger partial charge in [0.1, 0.15) is 18.1 Å². The highest BCUT2D eigenvalue weighted by Gasteiger charge is 2.37. The lowest BCUT2D eigenvalue weighted by molar-refractivity contribution is 0.0697. The van der Waals surface area contributed by atoms with Gasteiger partial charge in [0, 0.05) is 21.8 Å². The molecule has 35 heavy (non-hydrogen) atoms. The largest absolute Gasteiger partial charge is 0.488 e. The first kappa shape index (κ1) is 24.0. The molecule has 5 rings (SSSR count). The van der Waals surface area contributed by atoms with E-state index < -0.39 is 11.4 Å². The van der Waals surface area contributed by atoms with Crippen LogP contribution >= 0.6 is 23.2 Å². The van der Waals surface area contributed by atoms with E-state index in [-0.39, 0.29) is 22.9 Å². The minimum absolute atomic E-state index is 0.0618. The zero-order chi connectivity index (χ0) is 25.0. The van der Waals surface area contributed by atoms with Crippen LogP contribution in [0.4, 0.5) is 11.4 Å². The number of nitrogens with zero attached hydrogens (tertiary/aromatic N) is 1. The summed E-state index contributed by atoms with van der Waals surface area (Å²) < 4.78 is 12.4. The van der Waals surface area contributed by atoms with Crippen LogP contribution in [0.3, 0.4) is 0 Å². The summed E-state index contributed by atoms with van der Waals surface area (Å²) in [7, 11) is 0. The first-order valence-corrected chi connectivity index (χ1v) is 12.3. The third-order valence-electron chi connectivity index (χ3n) is 7.03. The Morgan fingerprint density at radius 1 is 1.03 bits per heavy atom. The van der Waals surface area contributed by atoms with Crippen molar-refractivity contribution in [3.05, 3.63) is 86.9 Å². The second-order valence-corrected chi connectivity index (χ2v) is 10.9. The monoisotopic (exact) mass is 511 g/mol. The molecule has 2 aliphatic rings. The minimum Gasteiger partial charge on any atom is -0.488 e. The second-order valence-electron chi connectivity index (χ2n) is 10.1. The molecule has 0 fully saturated rings. The second kappa shape index (κ2) is 8.74. The summed E-state index contributed by atoms with van der Waals surface area (Å²) in [6.45, 7) is 7.14. The number of aryl methyl sites for hydroxylation is 1. The lowest BCUT2D eigenvalue weighted by Gasteiger charge is -2.35. The van der Waals surface area contributed by atoms with E-state index in [1.165, 1.54) is 11.6 Å². The fraction of sp³-hybridized carbons (Fsp3) is 0.321. The van der Waals surface area contributed by atoms with Gasteiger partial charge in [-0.1, -0.05) is 35.3 Å². The Balaban J connectivity index is 1.60. The van der Waals surface area contributed by atoms with Gasteiger partial charge in [0.15, 0.2) is 0 Å². The van der Waals surface area contributed by atoms with E-state index in [4.69, 9.17) is 32.7 Å². The molecule has 1 N–H and O–H groups in total. The van der Waals surface area contributed by atoms with E-state index >= 15 is 0 Å². The Hall–Kier alpha value is -2.73. The van der Waals surface area contributed by atoms with E-state index in [9.17, 15) is 9.90 Å². The summed E-state index contributed by atoms with van der Waals surface area (Å²) in [5, 5.41) is 10.2. The summed E-state index contributed by atoms with van der Waals surface area (Å²) >= 11 is 12.8. The third-order valence-corrected chi connectivity index (χ3v) is 7.58. The van der Waals surface area contributed by atoms with E-state index in [1.807, 2.05) is 23.1 Å². The van der Waals surface area contributed by atoms with Crippen molar-refractivity contribution in [3.63, 3.8) is 0 Å². The average molecular weight is 512 g/mol. The van der Waals surface area contributed by atoms with Crippen LogP contribution in [-0.2, 0) is 16.6 Å². The van der Waals surface area contributed by atoms with Crippen LogP contribution in [0.2, 0.25) is 10.0 Å². The highest BCUT2D eigenvalue weighted by molar-refractivity contribution is 6.33. The van der Waals surface area contributed by atoms with Crippen LogP contribution in [0.15, 0.2) is 54.6 Å². The molecule has 1 atom stereocenters. The Morgan fingerprint density at radius 3 is 2.57 bits per heavy atom. The van der Waals surface area contributed by atoms with Crippen LogP contribution in [0.5, 0.6) is 5.75 Å². The maximum atomic E-state index is 11.4. The van der Waals surface area contributed by atoms with Gasteiger partial charge < -0.3 is 19.5 Å². The molecule has 3 aromatic carbocycles. The molecule has 0 aromatic heterocycles. The lowest BCUT2D eigenvalue weighted by atomic mass is 9.75. The number of fused-ring (bicyclic) bond motifs is 2. The molecule has 5 nitrogen and oxygen atoms in total. The van der Waals surface area contributed by atoms with Crippen molar-refractivity contribution in [2.75, 3.05) is 18.2 Å². The van der Waals surface area contributed by atoms with Gasteiger partial charge in [-0.3, -0.25) is 0 Å². The van der Waals surface area contributed by atoms with E-state index in [1.54, 1.807) is 12.1 Å². The molecule has 7 heteroatoms. The summed E-state index contributed by atoms with van der Waals surface area (Å²) in [6.07, 6.45) is 1.91. The molecular formula is C28H27Cl2NO4. The average Bonchev–Trinajstić information content (AvgIpc) is 2.95. The SMILES string of the molecule is CC1(C)CCc2cc([C@]3(C)COCN(c4ccc(C(=O)O)c(Cl)c4)c4ccc(Cl)cc43)ccc2O1. The van der Waals surface area contributed by atoms with Gasteiger partial charge in [-0.25, -0.2) is 4.79 Å². The van der Waals surface area contributed by atoms with Crippen LogP contribution in [-0.4, -0.2) is 30.0 Å². The molecule has 0 amide bonds. The quantitative estimate of drug-likeness (QED) is 0.401. The Bertz CT molecular complexity index is 1320. The Labute approximate surface area is 215 Å². The molecule has 0 saturated carbocycles. The Kier molecular flexibility index (Phi) is 5.99. The summed E-state index contributed by atoms with van der Waals surface area (Å²) in [5.74, 6) is -0.127. The number of hydrogen-bond donors (Lipinski definition) is 1. The highest BCUT2D eigenvalue weighted by Crippen LogP contribution is 2.45. The number of carboxylic acids is 1. The maximum absolute atomic E-state index is 11.4. The predicted molar refractivity (Wildman–Crippen MR) is 139 cm³/mol. The number of anilines is 2. The summed E-state index contributed by atoms with van der Waals surface area (Å²) in [5.41, 5.74) is 4.46. The Morgan fingerprint density at radius 2 is 1.83 bits per heavy atom. The molecule has 2 aliphatic heterocycles. The van der Waals surface area contributed by atoms with Crippen LogP contribution < -0.4 is 9.64 Å². The summed E-state index contributed by atoms with van der Waals surface area (Å²) in [6, 6.07) is 17.2. The van der Waals surface area contributed by atoms with Gasteiger partial charge in [0.2, 0.25) is 0 Å². The third kappa shape index (κ3) is 4.37. The molecule has 0 aliphatic carbocycles. The van der Waals surface area contributed by atoms with Crippen molar-refractivity contribution >= 4 is 40.5 Å². The van der Waals surface area contributed by atoms with Crippen molar-refractivity contribution in [3.8, 4) is 5.75 Å². The van der Waals surface area contributed by atoms with Gasteiger partial charge in [0.25, 0.3) is 0 Å². The molecule has 2 heterocycles. The van der Waals surface area contributed by atoms with Gasteiger partial charge in [-0.15, -0.1) is 0 Å². The predicted octanol–water partition coefficient (Wildman–Crippen LogP) is 7.23. The number of halogens is 2. The smallest absolute Gasteiger partial charge is 0.337 e. The van der Waals surface area contributed by atoms with Gasteiger partial charge >= 0.3 is 5.97 Å². The number of ether oxygens (including phenoxy) is 2. The molecular weight excluding hydrogens is 485 g/mol. The minimum atomic E-state index is -1.06. The number of rotatable bonds is 3. The first-order valence-electron chi connectivity index (χ1n) is 11.6. The van der Waals surface area contributed by atoms with Gasteiger partial charge in [-0.2, -0.15) is 0 Å². The zero-order valence-corrected chi connectivity index (χ0v) is 21.4. The van der Waals surface area contributed by atoms with Crippen molar-refractivity contribution in [2.24, 2.45) is 0 Å². The molecule has 0 radical (unpaired) electrons. The number of carbonyl (C=O) groups is 1. The summed E-state index contributed by atoms with van der Waals surface area (Å²) in [4.78, 5) is 13.4. The molecule has 0 unspecified atom stereocenters. The van der Waals surface area contributed by atoms with Crippen molar-refractivity contribution in [1.82, 2.24) is 0 Å². The topological polar surface area (TPSA) is 59.0 Å². The first-order chi connectivity index (χ1) is 16.6. The zero-order valence-electron chi connectivity index (χ0n) is 19.9. The standard InChI is InChI=1S/C28H27Cl2NO4/c1-27(2)11-10-17-12-18(4-9-25(17)35-27)28(3)15-34-16-31(24-8-5-19(29)13-22(24)28)20-6-7-21(26(32)33)23(30)14-20/h4-9,12-14H,10-11,15-16H2,1-3H3,(H,32,33)/t28-/m0/s1. The molecule has 182 valence electrons. The lowest BCUT2D eigenvalue weighted by Crippen LogP contribution is -2.33. The number of carboxylic acid groups (broad SMARTS) is 1. The van der Waals surface area contributed by atoms with Crippen LogP contribution in [0, 0.1) is 0 Å². The maximum Gasteiger partial charge on any atom is 0.337 e. The number of hydrogen-bond acceptors (Lipinski definition) is 4. The van der Waals surface area contributed by atoms with E-state index in [0.717, 1.165) is 41.1 Å². The van der Waals surface area contributed by atoms with Gasteiger partial charge in [0.05, 0.1) is 17.2 Å². The van der Waals surface area contributed by atoms with Gasteiger partial charge in [-0.05, 0) is 92.8 Å². The van der Waals surface area contributed by atoms with Crippen LogP contribution in [0.25, 0.3) is 0 Å². The van der Waals surface area contributed by atoms with E-state index in [2.05, 4.69) is 39.0 Å². The normalized spacial score (nSPS) is 20.9. The molecule has 3 aromatic rings. The highest BCUT2D eigenvalue weighted by atomic mass is 35.5. The molecule has 0 spiro atoms. The van der Waals surface area contributed by atoms with Crippen molar-refractivity contribution in [2.45, 2.75) is 44.6 Å².